The summed E-state index contributed by atoms with van der Waals surface area (Å²) in [6, 6.07) is 8.20. The van der Waals surface area contributed by atoms with E-state index >= 15 is 0 Å². The summed E-state index contributed by atoms with van der Waals surface area (Å²) in [5.41, 5.74) is 3.23. The quantitative estimate of drug-likeness (QED) is 0.718. The second-order valence-corrected chi connectivity index (χ2v) is 8.81. The van der Waals surface area contributed by atoms with Gasteiger partial charge in [0.1, 0.15) is 11.7 Å². The molecule has 7 heteroatoms. The first-order valence-electron chi connectivity index (χ1n) is 10.1. The Morgan fingerprint density at radius 2 is 2.00 bits per heavy atom. The van der Waals surface area contributed by atoms with Crippen LogP contribution in [0, 0.1) is 5.92 Å². The van der Waals surface area contributed by atoms with Gasteiger partial charge in [-0.2, -0.15) is 0 Å². The van der Waals surface area contributed by atoms with E-state index in [4.69, 9.17) is 4.74 Å². The molecule has 0 saturated carbocycles. The maximum Gasteiger partial charge on any atom is 0.417 e. The van der Waals surface area contributed by atoms with Crippen LogP contribution >= 0.6 is 0 Å². The second-order valence-electron chi connectivity index (χ2n) is 8.81. The van der Waals surface area contributed by atoms with E-state index in [1.807, 2.05) is 16.7 Å². The van der Waals surface area contributed by atoms with Crippen molar-refractivity contribution in [2.75, 3.05) is 6.54 Å². The Morgan fingerprint density at radius 1 is 1.28 bits per heavy atom. The van der Waals surface area contributed by atoms with Crippen LogP contribution in [0.2, 0.25) is 0 Å². The van der Waals surface area contributed by atoms with E-state index in [9.17, 15) is 14.7 Å². The van der Waals surface area contributed by atoms with E-state index in [-0.39, 0.29) is 0 Å². The van der Waals surface area contributed by atoms with Crippen molar-refractivity contribution in [2.24, 2.45) is 5.92 Å². The zero-order valence-electron chi connectivity index (χ0n) is 17.1. The lowest BCUT2D eigenvalue weighted by Crippen LogP contribution is -2.48. The predicted octanol–water partition coefficient (Wildman–Crippen LogP) is 3.04. The summed E-state index contributed by atoms with van der Waals surface area (Å²) < 4.78 is 7.39. The van der Waals surface area contributed by atoms with Crippen LogP contribution in [0.3, 0.4) is 0 Å². The summed E-state index contributed by atoms with van der Waals surface area (Å²) in [7, 11) is 0. The summed E-state index contributed by atoms with van der Waals surface area (Å²) in [6.07, 6.45) is 1.84. The minimum Gasteiger partial charge on any atom is -0.443 e. The molecular formula is C22H27N3O4. The molecule has 1 saturated heterocycles. The number of imide groups is 1. The Hall–Kier alpha value is -2.67. The van der Waals surface area contributed by atoms with Crippen LogP contribution in [0.15, 0.2) is 30.6 Å². The number of aliphatic hydroxyl groups is 1. The Morgan fingerprint density at radius 3 is 2.72 bits per heavy atom. The largest absolute Gasteiger partial charge is 0.443 e. The van der Waals surface area contributed by atoms with Crippen molar-refractivity contribution in [2.45, 2.75) is 58.3 Å². The molecule has 1 aromatic carbocycles. The number of ether oxygens (including phenoxy) is 1. The van der Waals surface area contributed by atoms with Gasteiger partial charge in [0.15, 0.2) is 0 Å². The van der Waals surface area contributed by atoms with Gasteiger partial charge in [-0.05, 0) is 44.7 Å². The van der Waals surface area contributed by atoms with E-state index in [2.05, 4.69) is 17.1 Å². The zero-order valence-corrected chi connectivity index (χ0v) is 17.1. The number of hydrogen-bond acceptors (Lipinski definition) is 5. The minimum absolute atomic E-state index is 0.311. The van der Waals surface area contributed by atoms with Crippen LogP contribution in [0.1, 0.15) is 62.2 Å². The fourth-order valence-electron chi connectivity index (χ4n) is 4.13. The number of hydrogen-bond donors (Lipinski definition) is 1. The summed E-state index contributed by atoms with van der Waals surface area (Å²) in [5, 5.41) is 11.1. The second kappa shape index (κ2) is 7.30. The first kappa shape index (κ1) is 19.6. The molecule has 2 atom stereocenters. The molecular weight excluding hydrogens is 370 g/mol. The monoisotopic (exact) mass is 397 g/mol. The van der Waals surface area contributed by atoms with Crippen LogP contribution in [0.25, 0.3) is 0 Å². The van der Waals surface area contributed by atoms with Gasteiger partial charge in [0.2, 0.25) is 5.91 Å². The number of aliphatic hydroxyl groups excluding tert-OH is 1. The molecule has 0 radical (unpaired) electrons. The van der Waals surface area contributed by atoms with E-state index in [1.54, 1.807) is 27.1 Å². The molecule has 1 fully saturated rings. The predicted molar refractivity (Wildman–Crippen MR) is 106 cm³/mol. The average molecular weight is 397 g/mol. The summed E-state index contributed by atoms with van der Waals surface area (Å²) in [6.45, 7) is 6.31. The number of aromatic nitrogens is 2. The number of benzene rings is 1. The topological polar surface area (TPSA) is 84.7 Å². The maximum atomic E-state index is 13.0. The van der Waals surface area contributed by atoms with Gasteiger partial charge in [-0.1, -0.05) is 24.3 Å². The number of amides is 2. The van der Waals surface area contributed by atoms with Gasteiger partial charge in [-0.15, -0.1) is 0 Å². The SMILES string of the molecule is CC(C)(C)OC(=O)N1CCCC(C(O)c2ncn3c2Cc2ccccc2C3)C1=O. The number of carbonyl (C=O) groups excluding carboxylic acids is 2. The van der Waals surface area contributed by atoms with Crippen LogP contribution in [0.5, 0.6) is 0 Å². The van der Waals surface area contributed by atoms with Crippen molar-refractivity contribution >= 4 is 12.0 Å². The highest BCUT2D eigenvalue weighted by Crippen LogP contribution is 2.34. The molecule has 7 nitrogen and oxygen atoms in total. The average Bonchev–Trinajstić information content (AvgIpc) is 3.07. The third-order valence-electron chi connectivity index (χ3n) is 5.55. The normalized spacial score (nSPS) is 20.1. The molecule has 29 heavy (non-hydrogen) atoms. The molecule has 1 N–H and O–H groups in total. The van der Waals surface area contributed by atoms with Crippen molar-refractivity contribution < 1.29 is 19.4 Å². The lowest BCUT2D eigenvalue weighted by atomic mass is 9.88. The van der Waals surface area contributed by atoms with E-state index in [1.165, 1.54) is 11.1 Å². The van der Waals surface area contributed by atoms with Crippen LogP contribution in [-0.2, 0) is 22.5 Å². The van der Waals surface area contributed by atoms with E-state index in [0.717, 1.165) is 10.6 Å². The van der Waals surface area contributed by atoms with Crippen LogP contribution < -0.4 is 0 Å². The number of piperidine rings is 1. The third kappa shape index (κ3) is 3.79. The molecule has 2 aliphatic heterocycles. The number of nitrogens with zero attached hydrogens (tertiary/aromatic N) is 3. The number of likely N-dealkylation sites (tertiary alicyclic amines) is 1. The number of rotatable bonds is 2. The lowest BCUT2D eigenvalue weighted by molar-refractivity contribution is -0.142. The fourth-order valence-corrected chi connectivity index (χ4v) is 4.13. The Balaban J connectivity index is 1.55. The van der Waals surface area contributed by atoms with Crippen molar-refractivity contribution in [1.29, 1.82) is 0 Å². The first-order chi connectivity index (χ1) is 13.7. The molecule has 2 aromatic rings. The van der Waals surface area contributed by atoms with Gasteiger partial charge in [-0.25, -0.2) is 14.7 Å². The molecule has 0 aliphatic carbocycles. The fraction of sp³-hybridized carbons (Fsp3) is 0.500. The highest BCUT2D eigenvalue weighted by Gasteiger charge is 2.41. The van der Waals surface area contributed by atoms with Crippen molar-refractivity contribution in [3.63, 3.8) is 0 Å². The van der Waals surface area contributed by atoms with E-state index in [0.29, 0.717) is 38.0 Å². The smallest absolute Gasteiger partial charge is 0.417 e. The highest BCUT2D eigenvalue weighted by molar-refractivity contribution is 5.94. The van der Waals surface area contributed by atoms with Gasteiger partial charge < -0.3 is 14.4 Å². The summed E-state index contributed by atoms with van der Waals surface area (Å²) in [4.78, 5) is 31.0. The molecule has 2 aliphatic rings. The Kier molecular flexibility index (Phi) is 4.94. The van der Waals surface area contributed by atoms with Gasteiger partial charge in [0.05, 0.1) is 17.9 Å². The van der Waals surface area contributed by atoms with Gasteiger partial charge in [-0.3, -0.25) is 4.79 Å². The standard InChI is InChI=1S/C22H27N3O4/c1-22(2,3)29-21(28)25-10-6-9-16(20(25)27)19(26)18-17-11-14-7-4-5-8-15(14)12-24(17)13-23-18/h4-5,7-8,13,16,19,26H,6,9-12H2,1-3H3. The van der Waals surface area contributed by atoms with Crippen molar-refractivity contribution in [3.8, 4) is 0 Å². The molecule has 154 valence electrons. The Labute approximate surface area is 170 Å². The Bertz CT molecular complexity index is 944. The molecule has 1 aromatic heterocycles. The molecule has 2 amide bonds. The van der Waals surface area contributed by atoms with Crippen LogP contribution in [-0.4, -0.2) is 43.7 Å². The molecule has 2 unspecified atom stereocenters. The van der Waals surface area contributed by atoms with Crippen molar-refractivity contribution in [3.05, 3.63) is 53.1 Å². The molecule has 3 heterocycles. The van der Waals surface area contributed by atoms with Gasteiger partial charge in [0.25, 0.3) is 0 Å². The van der Waals surface area contributed by atoms with Gasteiger partial charge >= 0.3 is 6.09 Å². The number of imidazole rings is 1. The molecule has 0 bridgehead atoms. The van der Waals surface area contributed by atoms with Gasteiger partial charge in [0, 0.05) is 25.2 Å². The lowest BCUT2D eigenvalue weighted by Gasteiger charge is -2.34. The third-order valence-corrected chi connectivity index (χ3v) is 5.55. The minimum atomic E-state index is -1.05. The number of carbonyl (C=O) groups is 2. The summed E-state index contributed by atoms with van der Waals surface area (Å²) >= 11 is 0. The highest BCUT2D eigenvalue weighted by atomic mass is 16.6. The zero-order chi connectivity index (χ0) is 20.8. The summed E-state index contributed by atoms with van der Waals surface area (Å²) in [5.74, 6) is -1.09. The van der Waals surface area contributed by atoms with E-state index < -0.39 is 29.6 Å². The maximum absolute atomic E-state index is 13.0. The van der Waals surface area contributed by atoms with Crippen LogP contribution in [0.4, 0.5) is 4.79 Å². The number of fused-ring (bicyclic) bond motifs is 2. The molecule has 0 spiro atoms. The first-order valence-corrected chi connectivity index (χ1v) is 10.1. The van der Waals surface area contributed by atoms with Crippen molar-refractivity contribution in [1.82, 2.24) is 14.5 Å². The molecule has 4 rings (SSSR count).